The van der Waals surface area contributed by atoms with Gasteiger partial charge in [0.2, 0.25) is 11.8 Å². The van der Waals surface area contributed by atoms with Crippen LogP contribution in [0, 0.1) is 5.92 Å². The molecule has 0 aliphatic heterocycles. The van der Waals surface area contributed by atoms with E-state index in [0.717, 1.165) is 11.3 Å². The fraction of sp³-hybridized carbons (Fsp3) is 0.286. The second-order valence-electron chi connectivity index (χ2n) is 4.82. The van der Waals surface area contributed by atoms with Crippen molar-refractivity contribution in [1.29, 1.82) is 0 Å². The van der Waals surface area contributed by atoms with Gasteiger partial charge in [-0.15, -0.1) is 0 Å². The van der Waals surface area contributed by atoms with Crippen LogP contribution in [0.5, 0.6) is 0 Å². The Morgan fingerprint density at radius 2 is 2.00 bits per heavy atom. The van der Waals surface area contributed by atoms with Crippen LogP contribution >= 0.6 is 0 Å². The Balaban J connectivity index is 1.91. The summed E-state index contributed by atoms with van der Waals surface area (Å²) in [6.07, 6.45) is 3.35. The van der Waals surface area contributed by atoms with Crippen molar-refractivity contribution in [3.63, 3.8) is 0 Å². The van der Waals surface area contributed by atoms with Gasteiger partial charge in [-0.25, -0.2) is 0 Å². The summed E-state index contributed by atoms with van der Waals surface area (Å²) in [6.45, 7) is 3.46. The van der Waals surface area contributed by atoms with Crippen molar-refractivity contribution in [2.75, 3.05) is 11.9 Å². The third kappa shape index (κ3) is 4.13. The summed E-state index contributed by atoms with van der Waals surface area (Å²) in [4.78, 5) is 27.0. The Morgan fingerprint density at radius 3 is 2.67 bits per heavy atom. The summed E-state index contributed by atoms with van der Waals surface area (Å²) in [5, 5.41) is 12.0. The van der Waals surface area contributed by atoms with Crippen LogP contribution in [0.25, 0.3) is 11.3 Å². The Morgan fingerprint density at radius 1 is 1.29 bits per heavy atom. The van der Waals surface area contributed by atoms with Gasteiger partial charge in [0.1, 0.15) is 0 Å². The summed E-state index contributed by atoms with van der Waals surface area (Å²) in [5.41, 5.74) is 1.70. The third-order valence-corrected chi connectivity index (χ3v) is 2.78. The molecule has 0 radical (unpaired) electrons. The van der Waals surface area contributed by atoms with Gasteiger partial charge >= 0.3 is 0 Å². The summed E-state index contributed by atoms with van der Waals surface area (Å²) in [5.74, 6) is -0.228. The fourth-order valence-electron chi connectivity index (χ4n) is 1.62. The molecule has 0 fully saturated rings. The molecule has 2 aromatic rings. The molecule has 0 spiro atoms. The number of aromatic nitrogens is 3. The molecule has 3 N–H and O–H groups in total. The first-order chi connectivity index (χ1) is 10.1. The van der Waals surface area contributed by atoms with Gasteiger partial charge in [-0.3, -0.25) is 19.7 Å². The van der Waals surface area contributed by atoms with Gasteiger partial charge in [0.05, 0.1) is 12.2 Å². The minimum absolute atomic E-state index is 0.0749. The molecule has 0 saturated carbocycles. The molecule has 2 rings (SSSR count). The SMILES string of the molecule is CC(C)C(=O)NCC(=O)Nc1cc(-c2ccncc2)[nH]n1. The number of carbonyl (C=O) groups excluding carboxylic acids is 2. The van der Waals surface area contributed by atoms with Crippen molar-refractivity contribution >= 4 is 17.6 Å². The van der Waals surface area contributed by atoms with Crippen LogP contribution < -0.4 is 10.6 Å². The number of hydrogen-bond acceptors (Lipinski definition) is 4. The molecule has 0 aliphatic carbocycles. The highest BCUT2D eigenvalue weighted by molar-refractivity contribution is 5.94. The molecular formula is C14H17N5O2. The summed E-state index contributed by atoms with van der Waals surface area (Å²) < 4.78 is 0. The predicted octanol–water partition coefficient (Wildman–Crippen LogP) is 1.18. The van der Waals surface area contributed by atoms with Gasteiger partial charge in [-0.05, 0) is 12.1 Å². The molecule has 0 aromatic carbocycles. The quantitative estimate of drug-likeness (QED) is 0.768. The topological polar surface area (TPSA) is 99.8 Å². The maximum absolute atomic E-state index is 11.7. The number of rotatable bonds is 5. The number of carbonyl (C=O) groups is 2. The van der Waals surface area contributed by atoms with Crippen molar-refractivity contribution in [3.05, 3.63) is 30.6 Å². The average Bonchev–Trinajstić information content (AvgIpc) is 2.94. The van der Waals surface area contributed by atoms with E-state index in [2.05, 4.69) is 25.8 Å². The van der Waals surface area contributed by atoms with E-state index in [-0.39, 0.29) is 24.3 Å². The Hall–Kier alpha value is -2.70. The van der Waals surface area contributed by atoms with E-state index in [9.17, 15) is 9.59 Å². The van der Waals surface area contributed by atoms with Crippen LogP contribution in [0.15, 0.2) is 30.6 Å². The zero-order valence-electron chi connectivity index (χ0n) is 11.9. The summed E-state index contributed by atoms with van der Waals surface area (Å²) >= 11 is 0. The number of aromatic amines is 1. The van der Waals surface area contributed by atoms with Crippen LogP contribution in [0.2, 0.25) is 0 Å². The second-order valence-corrected chi connectivity index (χ2v) is 4.82. The average molecular weight is 287 g/mol. The number of anilines is 1. The number of amides is 2. The second kappa shape index (κ2) is 6.65. The lowest BCUT2D eigenvalue weighted by Gasteiger charge is -2.06. The summed E-state index contributed by atoms with van der Waals surface area (Å²) in [7, 11) is 0. The molecule has 110 valence electrons. The van der Waals surface area contributed by atoms with E-state index < -0.39 is 0 Å². The van der Waals surface area contributed by atoms with Gasteiger partial charge < -0.3 is 10.6 Å². The molecule has 2 heterocycles. The van der Waals surface area contributed by atoms with Gasteiger partial charge in [0.15, 0.2) is 5.82 Å². The highest BCUT2D eigenvalue weighted by Gasteiger charge is 2.10. The lowest BCUT2D eigenvalue weighted by Crippen LogP contribution is -2.35. The van der Waals surface area contributed by atoms with Crippen molar-refractivity contribution in [1.82, 2.24) is 20.5 Å². The lowest BCUT2D eigenvalue weighted by molar-refractivity contribution is -0.126. The van der Waals surface area contributed by atoms with Gasteiger partial charge in [0.25, 0.3) is 0 Å². The Kier molecular flexibility index (Phi) is 4.65. The lowest BCUT2D eigenvalue weighted by atomic mass is 10.2. The minimum atomic E-state index is -0.322. The van der Waals surface area contributed by atoms with E-state index >= 15 is 0 Å². The first-order valence-electron chi connectivity index (χ1n) is 6.59. The molecule has 7 heteroatoms. The molecule has 7 nitrogen and oxygen atoms in total. The summed E-state index contributed by atoms with van der Waals surface area (Å²) in [6, 6.07) is 5.39. The number of nitrogens with zero attached hydrogens (tertiary/aromatic N) is 2. The number of nitrogens with one attached hydrogen (secondary N) is 3. The van der Waals surface area contributed by atoms with Crippen LogP contribution in [-0.4, -0.2) is 33.5 Å². The van der Waals surface area contributed by atoms with Gasteiger partial charge in [-0.1, -0.05) is 13.8 Å². The predicted molar refractivity (Wildman–Crippen MR) is 78.3 cm³/mol. The maximum Gasteiger partial charge on any atom is 0.244 e. The molecule has 0 bridgehead atoms. The highest BCUT2D eigenvalue weighted by atomic mass is 16.2. The van der Waals surface area contributed by atoms with Crippen molar-refractivity contribution in [2.24, 2.45) is 5.92 Å². The Labute approximate surface area is 122 Å². The molecule has 0 saturated heterocycles. The minimum Gasteiger partial charge on any atom is -0.347 e. The third-order valence-electron chi connectivity index (χ3n) is 2.78. The van der Waals surface area contributed by atoms with E-state index in [1.54, 1.807) is 32.3 Å². The first-order valence-corrected chi connectivity index (χ1v) is 6.59. The molecular weight excluding hydrogens is 270 g/mol. The molecule has 0 aliphatic rings. The van der Waals surface area contributed by atoms with Crippen LogP contribution in [-0.2, 0) is 9.59 Å². The van der Waals surface area contributed by atoms with Crippen molar-refractivity contribution in [2.45, 2.75) is 13.8 Å². The molecule has 21 heavy (non-hydrogen) atoms. The molecule has 0 atom stereocenters. The van der Waals surface area contributed by atoms with Crippen LogP contribution in [0.4, 0.5) is 5.82 Å². The van der Waals surface area contributed by atoms with Gasteiger partial charge in [-0.2, -0.15) is 5.10 Å². The molecule has 2 aromatic heterocycles. The smallest absolute Gasteiger partial charge is 0.244 e. The van der Waals surface area contributed by atoms with E-state index in [1.807, 2.05) is 12.1 Å². The standard InChI is InChI=1S/C14H17N5O2/c1-9(2)14(21)16-8-13(20)17-12-7-11(18-19-12)10-3-5-15-6-4-10/h3-7,9H,8H2,1-2H3,(H,16,21)(H2,17,18,19,20). The number of hydrogen-bond donors (Lipinski definition) is 3. The van der Waals surface area contributed by atoms with E-state index in [0.29, 0.717) is 5.82 Å². The van der Waals surface area contributed by atoms with Crippen molar-refractivity contribution in [3.8, 4) is 11.3 Å². The number of H-pyrrole nitrogens is 1. The first kappa shape index (κ1) is 14.7. The maximum atomic E-state index is 11.7. The van der Waals surface area contributed by atoms with Crippen molar-refractivity contribution < 1.29 is 9.59 Å². The van der Waals surface area contributed by atoms with Crippen LogP contribution in [0.3, 0.4) is 0 Å². The largest absolute Gasteiger partial charge is 0.347 e. The van der Waals surface area contributed by atoms with E-state index in [4.69, 9.17) is 0 Å². The monoisotopic (exact) mass is 287 g/mol. The normalized spacial score (nSPS) is 10.4. The zero-order valence-corrected chi connectivity index (χ0v) is 11.9. The molecule has 2 amide bonds. The zero-order chi connectivity index (χ0) is 15.2. The van der Waals surface area contributed by atoms with E-state index in [1.165, 1.54) is 0 Å². The van der Waals surface area contributed by atoms with Crippen LogP contribution in [0.1, 0.15) is 13.8 Å². The van der Waals surface area contributed by atoms with Gasteiger partial charge in [0, 0.05) is 29.9 Å². The number of pyridine rings is 1. The molecule has 0 unspecified atom stereocenters. The fourth-order valence-corrected chi connectivity index (χ4v) is 1.62. The highest BCUT2D eigenvalue weighted by Crippen LogP contribution is 2.18. The Bertz CT molecular complexity index is 621.